The van der Waals surface area contributed by atoms with Gasteiger partial charge in [-0.15, -0.1) is 0 Å². The van der Waals surface area contributed by atoms with Crippen LogP contribution in [0.1, 0.15) is 6.92 Å². The van der Waals surface area contributed by atoms with E-state index in [0.29, 0.717) is 18.0 Å². The van der Waals surface area contributed by atoms with Gasteiger partial charge in [0.25, 0.3) is 21.6 Å². The molecule has 0 radical (unpaired) electrons. The summed E-state index contributed by atoms with van der Waals surface area (Å²) >= 11 is 0. The molecule has 3 rings (SSSR count). The predicted octanol–water partition coefficient (Wildman–Crippen LogP) is 3.39. The summed E-state index contributed by atoms with van der Waals surface area (Å²) in [6.45, 7) is 1.16. The van der Waals surface area contributed by atoms with Crippen molar-refractivity contribution in [1.82, 2.24) is 0 Å². The minimum Gasteiger partial charge on any atom is -0.494 e. The lowest BCUT2D eigenvalue weighted by atomic mass is 10.2. The number of rotatable bonds is 13. The Hall–Kier alpha value is -4.85. The average molecular weight is 574 g/mol. The van der Waals surface area contributed by atoms with E-state index in [1.54, 1.807) is 12.1 Å². The van der Waals surface area contributed by atoms with Crippen molar-refractivity contribution in [2.24, 2.45) is 0 Å². The molecule has 0 saturated heterocycles. The molecule has 0 atom stereocenters. The number of ether oxygens (including phenoxy) is 4. The number of amides is 1. The monoisotopic (exact) mass is 573 g/mol. The second-order valence-corrected chi connectivity index (χ2v) is 9.98. The zero-order chi connectivity index (χ0) is 29.3. The van der Waals surface area contributed by atoms with Gasteiger partial charge in [0.15, 0.2) is 13.2 Å². The number of sulfonamides is 1. The van der Waals surface area contributed by atoms with Gasteiger partial charge in [-0.05, 0) is 61.5 Å². The van der Waals surface area contributed by atoms with Gasteiger partial charge < -0.3 is 24.3 Å². The minimum atomic E-state index is -3.82. The molecule has 14 heteroatoms. The van der Waals surface area contributed by atoms with Crippen molar-refractivity contribution in [2.45, 2.75) is 11.8 Å². The Labute approximate surface area is 230 Å². The van der Waals surface area contributed by atoms with Gasteiger partial charge in [-0.2, -0.15) is 0 Å². The summed E-state index contributed by atoms with van der Waals surface area (Å²) in [6.07, 6.45) is 0. The molecule has 0 aliphatic rings. The van der Waals surface area contributed by atoms with Crippen molar-refractivity contribution < 1.29 is 41.9 Å². The average Bonchev–Trinajstić information content (AvgIpc) is 2.95. The second kappa shape index (κ2) is 13.3. The topological polar surface area (TPSA) is 164 Å². The Morgan fingerprint density at radius 3 is 2.17 bits per heavy atom. The second-order valence-electron chi connectivity index (χ2n) is 8.01. The first-order valence-corrected chi connectivity index (χ1v) is 13.2. The maximum Gasteiger partial charge on any atom is 0.344 e. The van der Waals surface area contributed by atoms with Gasteiger partial charge >= 0.3 is 5.97 Å². The van der Waals surface area contributed by atoms with E-state index in [1.807, 2.05) is 6.92 Å². The van der Waals surface area contributed by atoms with Crippen LogP contribution in [0.4, 0.5) is 17.1 Å². The van der Waals surface area contributed by atoms with Crippen LogP contribution in [0.3, 0.4) is 0 Å². The molecule has 1 amide bonds. The first-order chi connectivity index (χ1) is 19.0. The summed E-state index contributed by atoms with van der Waals surface area (Å²) in [4.78, 5) is 34.5. The number of hydrogen-bond acceptors (Lipinski definition) is 10. The Bertz CT molecular complexity index is 1460. The molecule has 0 spiro atoms. The van der Waals surface area contributed by atoms with E-state index in [9.17, 15) is 28.1 Å². The third-order valence-electron chi connectivity index (χ3n) is 5.38. The molecule has 3 aromatic rings. The van der Waals surface area contributed by atoms with Crippen LogP contribution in [0.2, 0.25) is 0 Å². The van der Waals surface area contributed by atoms with Crippen LogP contribution in [0, 0.1) is 10.1 Å². The fourth-order valence-electron chi connectivity index (χ4n) is 3.34. The fraction of sp³-hybridized carbons (Fsp3) is 0.231. The summed E-state index contributed by atoms with van der Waals surface area (Å²) in [5.74, 6) is -0.618. The van der Waals surface area contributed by atoms with Crippen molar-refractivity contribution >= 4 is 39.0 Å². The minimum absolute atomic E-state index is 0.0681. The van der Waals surface area contributed by atoms with Crippen LogP contribution in [-0.4, -0.2) is 59.2 Å². The molecule has 0 aliphatic heterocycles. The molecule has 40 heavy (non-hydrogen) atoms. The van der Waals surface area contributed by atoms with Crippen molar-refractivity contribution in [3.63, 3.8) is 0 Å². The SMILES string of the molecule is CCOc1ccc(S(=O)(=O)N(C)c2ccc(OCC(=O)OCC(=O)Nc3ccc([N+](=O)[O-])cc3OC)cc2)cc1. The van der Waals surface area contributed by atoms with Crippen LogP contribution in [0.5, 0.6) is 17.2 Å². The van der Waals surface area contributed by atoms with Crippen molar-refractivity contribution in [1.29, 1.82) is 0 Å². The number of esters is 1. The summed E-state index contributed by atoms with van der Waals surface area (Å²) in [5, 5.41) is 13.3. The third kappa shape index (κ3) is 7.60. The highest BCUT2D eigenvalue weighted by Crippen LogP contribution is 2.29. The Balaban J connectivity index is 1.50. The molecule has 1 N–H and O–H groups in total. The van der Waals surface area contributed by atoms with Crippen LogP contribution >= 0.6 is 0 Å². The van der Waals surface area contributed by atoms with Crippen molar-refractivity contribution in [3.05, 3.63) is 76.8 Å². The summed E-state index contributed by atoms with van der Waals surface area (Å²) in [5.41, 5.74) is 0.314. The first kappa shape index (κ1) is 29.7. The number of nitrogens with one attached hydrogen (secondary N) is 1. The summed E-state index contributed by atoms with van der Waals surface area (Å²) in [7, 11) is -1.12. The zero-order valence-corrected chi connectivity index (χ0v) is 22.7. The van der Waals surface area contributed by atoms with Crippen molar-refractivity contribution in [3.8, 4) is 17.2 Å². The van der Waals surface area contributed by atoms with E-state index >= 15 is 0 Å². The molecule has 13 nitrogen and oxygen atoms in total. The van der Waals surface area contributed by atoms with E-state index < -0.39 is 40.0 Å². The first-order valence-electron chi connectivity index (χ1n) is 11.8. The normalized spacial score (nSPS) is 10.8. The highest BCUT2D eigenvalue weighted by molar-refractivity contribution is 7.92. The fourth-order valence-corrected chi connectivity index (χ4v) is 4.53. The lowest BCUT2D eigenvalue weighted by Gasteiger charge is -2.20. The van der Waals surface area contributed by atoms with E-state index in [-0.39, 0.29) is 27.8 Å². The smallest absolute Gasteiger partial charge is 0.344 e. The molecular formula is C26H27N3O10S. The molecule has 0 unspecified atom stereocenters. The predicted molar refractivity (Wildman–Crippen MR) is 144 cm³/mol. The highest BCUT2D eigenvalue weighted by Gasteiger charge is 2.21. The van der Waals surface area contributed by atoms with Crippen LogP contribution in [0.25, 0.3) is 0 Å². The number of hydrogen-bond donors (Lipinski definition) is 1. The largest absolute Gasteiger partial charge is 0.494 e. The Kier molecular flexibility index (Phi) is 9.86. The maximum atomic E-state index is 12.9. The molecule has 0 heterocycles. The molecule has 3 aromatic carbocycles. The van der Waals surface area contributed by atoms with Gasteiger partial charge in [0.05, 0.1) is 41.0 Å². The molecule has 0 fully saturated rings. The van der Waals surface area contributed by atoms with Gasteiger partial charge in [0.2, 0.25) is 0 Å². The number of carbonyl (C=O) groups is 2. The lowest BCUT2D eigenvalue weighted by Crippen LogP contribution is -2.26. The van der Waals surface area contributed by atoms with Crippen LogP contribution in [-0.2, 0) is 24.3 Å². The summed E-state index contributed by atoms with van der Waals surface area (Å²) < 4.78 is 47.6. The van der Waals surface area contributed by atoms with E-state index in [1.165, 1.54) is 62.7 Å². The van der Waals surface area contributed by atoms with Crippen molar-refractivity contribution in [2.75, 3.05) is 43.6 Å². The number of carbonyl (C=O) groups excluding carboxylic acids is 2. The van der Waals surface area contributed by atoms with Gasteiger partial charge in [0, 0.05) is 13.1 Å². The van der Waals surface area contributed by atoms with Gasteiger partial charge in [-0.1, -0.05) is 0 Å². The maximum absolute atomic E-state index is 12.9. The number of nitro groups is 1. The molecule has 212 valence electrons. The molecule has 0 saturated carbocycles. The Morgan fingerprint density at radius 2 is 1.57 bits per heavy atom. The standard InChI is InChI=1S/C26H27N3O10S/c1-4-37-20-10-12-22(13-11-20)40(34,35)28(2)18-5-8-21(9-6-18)38-17-26(31)39-16-25(30)27-23-14-7-19(29(32)33)15-24(23)36-3/h5-15H,4,16-17H2,1-3H3,(H,27,30). The highest BCUT2D eigenvalue weighted by atomic mass is 32.2. The number of non-ortho nitro benzene ring substituents is 1. The lowest BCUT2D eigenvalue weighted by molar-refractivity contribution is -0.384. The number of anilines is 2. The summed E-state index contributed by atoms with van der Waals surface area (Å²) in [6, 6.07) is 15.7. The number of nitrogens with zero attached hydrogens (tertiary/aromatic N) is 2. The molecule has 0 aliphatic carbocycles. The molecular weight excluding hydrogens is 546 g/mol. The van der Waals surface area contributed by atoms with Gasteiger partial charge in [0.1, 0.15) is 17.2 Å². The van der Waals surface area contributed by atoms with Crippen LogP contribution in [0.15, 0.2) is 71.6 Å². The molecule has 0 aromatic heterocycles. The van der Waals surface area contributed by atoms with E-state index in [4.69, 9.17) is 18.9 Å². The third-order valence-corrected chi connectivity index (χ3v) is 7.18. The van der Waals surface area contributed by atoms with E-state index in [2.05, 4.69) is 5.32 Å². The zero-order valence-electron chi connectivity index (χ0n) is 21.9. The van der Waals surface area contributed by atoms with Gasteiger partial charge in [-0.3, -0.25) is 19.2 Å². The van der Waals surface area contributed by atoms with Gasteiger partial charge in [-0.25, -0.2) is 13.2 Å². The van der Waals surface area contributed by atoms with E-state index in [0.717, 1.165) is 10.4 Å². The number of benzene rings is 3. The molecule has 0 bridgehead atoms. The van der Waals surface area contributed by atoms with Crippen LogP contribution < -0.4 is 23.8 Å². The quantitative estimate of drug-likeness (QED) is 0.182. The Morgan fingerprint density at radius 1 is 0.950 bits per heavy atom. The number of nitro benzene ring substituents is 1. The number of methoxy groups -OCH3 is 1.